The van der Waals surface area contributed by atoms with Crippen molar-refractivity contribution >= 4 is 27.7 Å². The molecule has 2 unspecified atom stereocenters. The number of rotatable bonds is 4. The number of nitrogens with zero attached hydrogens (tertiary/aromatic N) is 1. The van der Waals surface area contributed by atoms with Gasteiger partial charge in [0, 0.05) is 41.2 Å². The lowest BCUT2D eigenvalue weighted by molar-refractivity contribution is 0.210. The van der Waals surface area contributed by atoms with Crippen molar-refractivity contribution in [2.45, 2.75) is 18.2 Å². The van der Waals surface area contributed by atoms with Gasteiger partial charge in [0.15, 0.2) is 0 Å². The first kappa shape index (κ1) is 15.2. The van der Waals surface area contributed by atoms with Crippen LogP contribution in [0.4, 0.5) is 0 Å². The smallest absolute Gasteiger partial charge is 0.119 e. The van der Waals surface area contributed by atoms with E-state index in [9.17, 15) is 0 Å². The number of methoxy groups -OCH3 is 1. The molecular formula is C14H21BrN2OS. The van der Waals surface area contributed by atoms with Crippen molar-refractivity contribution < 1.29 is 4.74 Å². The molecule has 1 heterocycles. The first-order chi connectivity index (χ1) is 9.15. The number of thioether (sulfide) groups is 1. The van der Waals surface area contributed by atoms with Crippen LogP contribution in [0.25, 0.3) is 0 Å². The zero-order chi connectivity index (χ0) is 13.8. The van der Waals surface area contributed by atoms with E-state index < -0.39 is 0 Å². The molecule has 5 heteroatoms. The third-order valence-electron chi connectivity index (χ3n) is 3.50. The van der Waals surface area contributed by atoms with E-state index in [0.717, 1.165) is 23.3 Å². The molecule has 106 valence electrons. The van der Waals surface area contributed by atoms with Crippen LogP contribution >= 0.6 is 27.7 Å². The molecule has 0 bridgehead atoms. The molecule has 1 aromatic carbocycles. The summed E-state index contributed by atoms with van der Waals surface area (Å²) < 4.78 is 6.43. The van der Waals surface area contributed by atoms with Crippen LogP contribution in [-0.4, -0.2) is 42.6 Å². The molecule has 1 saturated heterocycles. The van der Waals surface area contributed by atoms with Gasteiger partial charge >= 0.3 is 0 Å². The average molecular weight is 345 g/mol. The molecule has 2 rings (SSSR count). The second-order valence-corrected chi connectivity index (χ2v) is 7.22. The minimum atomic E-state index is 0.257. The lowest BCUT2D eigenvalue weighted by atomic mass is 10.0. The van der Waals surface area contributed by atoms with E-state index in [1.807, 2.05) is 23.9 Å². The van der Waals surface area contributed by atoms with Crippen molar-refractivity contribution in [2.24, 2.45) is 5.73 Å². The highest BCUT2D eigenvalue weighted by Crippen LogP contribution is 2.33. The number of halogens is 1. The number of hydrogen-bond acceptors (Lipinski definition) is 4. The number of nitrogens with two attached hydrogens (primary N) is 1. The Morgan fingerprint density at radius 3 is 3.00 bits per heavy atom. The molecule has 3 nitrogen and oxygen atoms in total. The van der Waals surface area contributed by atoms with Gasteiger partial charge < -0.3 is 10.5 Å². The van der Waals surface area contributed by atoms with Crippen LogP contribution in [0, 0.1) is 0 Å². The van der Waals surface area contributed by atoms with Crippen molar-refractivity contribution in [3.63, 3.8) is 0 Å². The van der Waals surface area contributed by atoms with E-state index in [4.69, 9.17) is 10.5 Å². The molecule has 0 amide bonds. The van der Waals surface area contributed by atoms with E-state index in [0.29, 0.717) is 11.8 Å². The normalized spacial score (nSPS) is 22.2. The topological polar surface area (TPSA) is 38.5 Å². The number of ether oxygens (including phenoxy) is 1. The summed E-state index contributed by atoms with van der Waals surface area (Å²) in [5, 5.41) is 0.673. The fourth-order valence-electron chi connectivity index (χ4n) is 2.51. The fourth-order valence-corrected chi connectivity index (χ4v) is 4.06. The fraction of sp³-hybridized carbons (Fsp3) is 0.571. The first-order valence-corrected chi connectivity index (χ1v) is 8.39. The maximum Gasteiger partial charge on any atom is 0.119 e. The predicted octanol–water partition coefficient (Wildman–Crippen LogP) is 2.89. The van der Waals surface area contributed by atoms with Gasteiger partial charge in [0.05, 0.1) is 7.11 Å². The van der Waals surface area contributed by atoms with Crippen LogP contribution in [0.1, 0.15) is 18.5 Å². The van der Waals surface area contributed by atoms with Gasteiger partial charge in [-0.3, -0.25) is 4.90 Å². The van der Waals surface area contributed by atoms with E-state index in [1.165, 1.54) is 11.3 Å². The number of benzene rings is 1. The van der Waals surface area contributed by atoms with Crippen LogP contribution in [-0.2, 0) is 0 Å². The highest BCUT2D eigenvalue weighted by atomic mass is 79.9. The molecular weight excluding hydrogens is 324 g/mol. The number of hydrogen-bond donors (Lipinski definition) is 1. The summed E-state index contributed by atoms with van der Waals surface area (Å²) >= 11 is 5.68. The van der Waals surface area contributed by atoms with Gasteiger partial charge in [-0.2, -0.15) is 11.8 Å². The maximum atomic E-state index is 6.03. The van der Waals surface area contributed by atoms with Crippen LogP contribution in [0.3, 0.4) is 0 Å². The highest BCUT2D eigenvalue weighted by molar-refractivity contribution is 9.10. The molecule has 2 atom stereocenters. The second kappa shape index (κ2) is 6.97. The summed E-state index contributed by atoms with van der Waals surface area (Å²) in [5.41, 5.74) is 7.25. The standard InChI is InChI=1S/C14H21BrN2OS/c1-10-9-17(5-6-19-10)14(8-16)12-7-11(18-2)3-4-13(12)15/h3-4,7,10,14H,5-6,8-9,16H2,1-2H3. The summed E-state index contributed by atoms with van der Waals surface area (Å²) in [6.07, 6.45) is 0. The molecule has 1 aromatic rings. The van der Waals surface area contributed by atoms with Gasteiger partial charge in [0.25, 0.3) is 0 Å². The summed E-state index contributed by atoms with van der Waals surface area (Å²) in [7, 11) is 1.70. The lowest BCUT2D eigenvalue weighted by Gasteiger charge is -2.37. The Bertz CT molecular complexity index is 430. The first-order valence-electron chi connectivity index (χ1n) is 6.55. The van der Waals surface area contributed by atoms with E-state index in [2.05, 4.69) is 33.8 Å². The Balaban J connectivity index is 2.25. The summed E-state index contributed by atoms with van der Waals surface area (Å²) in [6.45, 7) is 5.10. The molecule has 2 N–H and O–H groups in total. The molecule has 1 fully saturated rings. The van der Waals surface area contributed by atoms with Crippen LogP contribution < -0.4 is 10.5 Å². The van der Waals surface area contributed by atoms with Crippen molar-refractivity contribution in [2.75, 3.05) is 32.5 Å². The second-order valence-electron chi connectivity index (χ2n) is 4.82. The van der Waals surface area contributed by atoms with Gasteiger partial charge in [0.2, 0.25) is 0 Å². The summed E-state index contributed by atoms with van der Waals surface area (Å²) in [4.78, 5) is 2.49. The minimum absolute atomic E-state index is 0.257. The van der Waals surface area contributed by atoms with Crippen molar-refractivity contribution in [3.05, 3.63) is 28.2 Å². The third-order valence-corrected chi connectivity index (χ3v) is 5.36. The summed E-state index contributed by atoms with van der Waals surface area (Å²) in [6, 6.07) is 6.36. The third kappa shape index (κ3) is 3.66. The molecule has 0 spiro atoms. The Morgan fingerprint density at radius 1 is 1.58 bits per heavy atom. The van der Waals surface area contributed by atoms with E-state index in [1.54, 1.807) is 7.11 Å². The molecule has 0 saturated carbocycles. The molecule has 0 radical (unpaired) electrons. The SMILES string of the molecule is COc1ccc(Br)c(C(CN)N2CCSC(C)C2)c1. The largest absolute Gasteiger partial charge is 0.497 e. The van der Waals surface area contributed by atoms with Crippen molar-refractivity contribution in [1.29, 1.82) is 0 Å². The monoisotopic (exact) mass is 344 g/mol. The van der Waals surface area contributed by atoms with Crippen molar-refractivity contribution in [3.8, 4) is 5.75 Å². The molecule has 1 aliphatic rings. The Kier molecular flexibility index (Phi) is 5.57. The Hall–Kier alpha value is -0.230. The molecule has 1 aliphatic heterocycles. The average Bonchev–Trinajstić information content (AvgIpc) is 2.42. The van der Waals surface area contributed by atoms with Gasteiger partial charge in [0.1, 0.15) is 5.75 Å². The summed E-state index contributed by atoms with van der Waals surface area (Å²) in [5.74, 6) is 2.07. The Morgan fingerprint density at radius 2 is 2.37 bits per heavy atom. The van der Waals surface area contributed by atoms with Crippen molar-refractivity contribution in [1.82, 2.24) is 4.90 Å². The quantitative estimate of drug-likeness (QED) is 0.911. The molecule has 0 aromatic heterocycles. The zero-order valence-electron chi connectivity index (χ0n) is 11.4. The van der Waals surface area contributed by atoms with Crippen LogP contribution in [0.15, 0.2) is 22.7 Å². The van der Waals surface area contributed by atoms with Crippen LogP contribution in [0.5, 0.6) is 5.75 Å². The van der Waals surface area contributed by atoms with Gasteiger partial charge in [-0.15, -0.1) is 0 Å². The minimum Gasteiger partial charge on any atom is -0.497 e. The molecule has 19 heavy (non-hydrogen) atoms. The van der Waals surface area contributed by atoms with Gasteiger partial charge in [-0.25, -0.2) is 0 Å². The zero-order valence-corrected chi connectivity index (χ0v) is 13.8. The van der Waals surface area contributed by atoms with Gasteiger partial charge in [-0.1, -0.05) is 22.9 Å². The lowest BCUT2D eigenvalue weighted by Crippen LogP contribution is -2.42. The van der Waals surface area contributed by atoms with Crippen LogP contribution in [0.2, 0.25) is 0 Å². The Labute approximate surface area is 128 Å². The molecule has 0 aliphatic carbocycles. The maximum absolute atomic E-state index is 6.03. The van der Waals surface area contributed by atoms with Gasteiger partial charge in [-0.05, 0) is 23.8 Å². The highest BCUT2D eigenvalue weighted by Gasteiger charge is 2.26. The predicted molar refractivity (Wildman–Crippen MR) is 86.0 cm³/mol. The van der Waals surface area contributed by atoms with E-state index in [-0.39, 0.29) is 6.04 Å². The van der Waals surface area contributed by atoms with E-state index >= 15 is 0 Å².